The number of benzene rings is 2. The number of hydrogen-bond donors (Lipinski definition) is 1. The average Bonchev–Trinajstić information content (AvgIpc) is 3.39. The summed E-state index contributed by atoms with van der Waals surface area (Å²) in [4.78, 5) is 30.5. The molecule has 0 aromatic heterocycles. The molecule has 1 saturated heterocycles. The van der Waals surface area contributed by atoms with Gasteiger partial charge in [-0.1, -0.05) is 48.7 Å². The number of nitrogens with one attached hydrogen (secondary N) is 1. The van der Waals surface area contributed by atoms with Crippen molar-refractivity contribution >= 4 is 11.8 Å². The smallest absolute Gasteiger partial charge is 0.253 e. The van der Waals surface area contributed by atoms with Gasteiger partial charge in [0.25, 0.3) is 5.91 Å². The minimum Gasteiger partial charge on any atom is -0.496 e. The first kappa shape index (κ1) is 24.3. The number of carbonyl (C=O) groups is 2. The summed E-state index contributed by atoms with van der Waals surface area (Å²) in [7, 11) is 1.68. The van der Waals surface area contributed by atoms with Crippen molar-refractivity contribution in [3.8, 4) is 5.75 Å². The number of piperazine rings is 1. The molecule has 0 radical (unpaired) electrons. The largest absolute Gasteiger partial charge is 0.496 e. The summed E-state index contributed by atoms with van der Waals surface area (Å²) in [5.41, 5.74) is 2.99. The minimum atomic E-state index is -0.114. The highest BCUT2D eigenvalue weighted by Gasteiger charge is 2.37. The van der Waals surface area contributed by atoms with Crippen molar-refractivity contribution < 1.29 is 14.3 Å². The number of methoxy groups -OCH3 is 1. The lowest BCUT2D eigenvalue weighted by atomic mass is 9.94. The molecule has 6 nitrogen and oxygen atoms in total. The lowest BCUT2D eigenvalue weighted by Gasteiger charge is -2.40. The molecule has 4 rings (SSSR count). The van der Waals surface area contributed by atoms with E-state index in [9.17, 15) is 9.59 Å². The normalized spacial score (nSPS) is 18.0. The van der Waals surface area contributed by atoms with Gasteiger partial charge in [0, 0.05) is 38.3 Å². The van der Waals surface area contributed by atoms with E-state index < -0.39 is 0 Å². The molecule has 2 aromatic carbocycles. The first-order valence-electron chi connectivity index (χ1n) is 12.6. The maximum Gasteiger partial charge on any atom is 0.253 e. The van der Waals surface area contributed by atoms with Gasteiger partial charge < -0.3 is 15.0 Å². The van der Waals surface area contributed by atoms with Gasteiger partial charge in [-0.05, 0) is 55.9 Å². The van der Waals surface area contributed by atoms with E-state index in [1.165, 1.54) is 12.8 Å². The topological polar surface area (TPSA) is 61.9 Å². The maximum atomic E-state index is 13.4. The Labute approximate surface area is 203 Å². The lowest BCUT2D eigenvalue weighted by Crippen LogP contribution is -2.58. The van der Waals surface area contributed by atoms with Crippen LogP contribution in [0.1, 0.15) is 47.2 Å². The third kappa shape index (κ3) is 5.79. The van der Waals surface area contributed by atoms with Gasteiger partial charge in [-0.3, -0.25) is 14.5 Å². The summed E-state index contributed by atoms with van der Waals surface area (Å²) < 4.78 is 5.44. The summed E-state index contributed by atoms with van der Waals surface area (Å²) in [6.07, 6.45) is 5.34. The SMILES string of the molecule is COc1ccccc1CCNC(=O)C(C1CCCC1)N1CCN(C(=O)c2ccc(C)cc2)CC1. The molecule has 2 amide bonds. The van der Waals surface area contributed by atoms with Gasteiger partial charge in [0.2, 0.25) is 5.91 Å². The fourth-order valence-electron chi connectivity index (χ4n) is 5.37. The molecule has 182 valence electrons. The number of nitrogens with zero attached hydrogens (tertiary/aromatic N) is 2. The molecule has 0 spiro atoms. The first-order chi connectivity index (χ1) is 16.6. The Morgan fingerprint density at radius 3 is 2.35 bits per heavy atom. The molecule has 1 atom stereocenters. The molecule has 0 bridgehead atoms. The lowest BCUT2D eigenvalue weighted by molar-refractivity contribution is -0.129. The van der Waals surface area contributed by atoms with E-state index in [0.717, 1.165) is 54.8 Å². The summed E-state index contributed by atoms with van der Waals surface area (Å²) in [6, 6.07) is 15.6. The van der Waals surface area contributed by atoms with Crippen molar-refractivity contribution in [1.29, 1.82) is 0 Å². The zero-order valence-corrected chi connectivity index (χ0v) is 20.5. The van der Waals surface area contributed by atoms with Gasteiger partial charge in [0.1, 0.15) is 5.75 Å². The third-order valence-electron chi connectivity index (χ3n) is 7.29. The van der Waals surface area contributed by atoms with Crippen LogP contribution in [0, 0.1) is 12.8 Å². The quantitative estimate of drug-likeness (QED) is 0.649. The van der Waals surface area contributed by atoms with E-state index in [-0.39, 0.29) is 17.9 Å². The first-order valence-corrected chi connectivity index (χ1v) is 12.6. The second-order valence-electron chi connectivity index (χ2n) is 9.54. The number of ether oxygens (including phenoxy) is 1. The molecule has 1 saturated carbocycles. The summed E-state index contributed by atoms with van der Waals surface area (Å²) in [5, 5.41) is 3.21. The van der Waals surface area contributed by atoms with Gasteiger partial charge in [-0.2, -0.15) is 0 Å². The van der Waals surface area contributed by atoms with Crippen LogP contribution in [0.25, 0.3) is 0 Å². The van der Waals surface area contributed by atoms with Crippen LogP contribution in [-0.4, -0.2) is 67.5 Å². The van der Waals surface area contributed by atoms with Crippen molar-refractivity contribution in [3.05, 3.63) is 65.2 Å². The van der Waals surface area contributed by atoms with Crippen LogP contribution in [0.5, 0.6) is 5.75 Å². The zero-order chi connectivity index (χ0) is 23.9. The average molecular weight is 464 g/mol. The second-order valence-corrected chi connectivity index (χ2v) is 9.54. The Kier molecular flexibility index (Phi) is 8.22. The van der Waals surface area contributed by atoms with Gasteiger partial charge in [0.05, 0.1) is 13.2 Å². The number of rotatable bonds is 8. The van der Waals surface area contributed by atoms with Crippen LogP contribution >= 0.6 is 0 Å². The van der Waals surface area contributed by atoms with E-state index in [0.29, 0.717) is 25.6 Å². The number of para-hydroxylation sites is 1. The molecule has 1 unspecified atom stereocenters. The van der Waals surface area contributed by atoms with Gasteiger partial charge in [-0.25, -0.2) is 0 Å². The Bertz CT molecular complexity index is 961. The van der Waals surface area contributed by atoms with Crippen molar-refractivity contribution in [2.45, 2.75) is 45.1 Å². The highest BCUT2D eigenvalue weighted by Crippen LogP contribution is 2.31. The van der Waals surface area contributed by atoms with Crippen molar-refractivity contribution in [1.82, 2.24) is 15.1 Å². The standard InChI is InChI=1S/C28H37N3O3/c1-21-11-13-24(14-12-21)28(33)31-19-17-30(18-20-31)26(23-8-3-4-9-23)27(32)29-16-15-22-7-5-6-10-25(22)34-2/h5-7,10-14,23,26H,3-4,8-9,15-20H2,1-2H3,(H,29,32). The third-order valence-corrected chi connectivity index (χ3v) is 7.29. The Morgan fingerprint density at radius 1 is 1.00 bits per heavy atom. The molecule has 2 aliphatic rings. The predicted molar refractivity (Wildman–Crippen MR) is 134 cm³/mol. The number of hydrogen-bond acceptors (Lipinski definition) is 4. The summed E-state index contributed by atoms with van der Waals surface area (Å²) >= 11 is 0. The van der Waals surface area contributed by atoms with Crippen LogP contribution in [-0.2, 0) is 11.2 Å². The molecular weight excluding hydrogens is 426 g/mol. The fraction of sp³-hybridized carbons (Fsp3) is 0.500. The van der Waals surface area contributed by atoms with Crippen molar-refractivity contribution in [3.63, 3.8) is 0 Å². The number of aryl methyl sites for hydroxylation is 1. The minimum absolute atomic E-state index is 0.0818. The Hall–Kier alpha value is -2.86. The van der Waals surface area contributed by atoms with Crippen LogP contribution in [0.15, 0.2) is 48.5 Å². The number of carbonyl (C=O) groups excluding carboxylic acids is 2. The Balaban J connectivity index is 1.35. The molecule has 1 N–H and O–H groups in total. The summed E-state index contributed by atoms with van der Waals surface area (Å²) in [5.74, 6) is 1.46. The molecule has 2 fully saturated rings. The second kappa shape index (κ2) is 11.5. The highest BCUT2D eigenvalue weighted by molar-refractivity contribution is 5.94. The summed E-state index contributed by atoms with van der Waals surface area (Å²) in [6.45, 7) is 5.40. The molecule has 2 aromatic rings. The van der Waals surface area contributed by atoms with Gasteiger partial charge >= 0.3 is 0 Å². The zero-order valence-electron chi connectivity index (χ0n) is 20.5. The van der Waals surface area contributed by atoms with E-state index >= 15 is 0 Å². The van der Waals surface area contributed by atoms with Crippen LogP contribution in [0.2, 0.25) is 0 Å². The van der Waals surface area contributed by atoms with E-state index in [1.54, 1.807) is 7.11 Å². The maximum absolute atomic E-state index is 13.4. The van der Waals surface area contributed by atoms with Crippen molar-refractivity contribution in [2.24, 2.45) is 5.92 Å². The molecule has 1 aliphatic heterocycles. The highest BCUT2D eigenvalue weighted by atomic mass is 16.5. The van der Waals surface area contributed by atoms with Gasteiger partial charge in [-0.15, -0.1) is 0 Å². The van der Waals surface area contributed by atoms with E-state index in [2.05, 4.69) is 10.2 Å². The molecule has 1 aliphatic carbocycles. The van der Waals surface area contributed by atoms with E-state index in [1.807, 2.05) is 60.4 Å². The molecule has 1 heterocycles. The predicted octanol–water partition coefficient (Wildman–Crippen LogP) is 3.68. The molecule has 6 heteroatoms. The van der Waals surface area contributed by atoms with Crippen molar-refractivity contribution in [2.75, 3.05) is 39.8 Å². The number of amides is 2. The fourth-order valence-corrected chi connectivity index (χ4v) is 5.37. The Morgan fingerprint density at radius 2 is 1.68 bits per heavy atom. The molecule has 34 heavy (non-hydrogen) atoms. The van der Waals surface area contributed by atoms with E-state index in [4.69, 9.17) is 4.74 Å². The van der Waals surface area contributed by atoms with Crippen LogP contribution in [0.4, 0.5) is 0 Å². The van der Waals surface area contributed by atoms with Crippen LogP contribution in [0.3, 0.4) is 0 Å². The molecular formula is C28H37N3O3. The van der Waals surface area contributed by atoms with Gasteiger partial charge in [0.15, 0.2) is 0 Å². The monoisotopic (exact) mass is 463 g/mol. The van der Waals surface area contributed by atoms with Crippen LogP contribution < -0.4 is 10.1 Å².